The summed E-state index contributed by atoms with van der Waals surface area (Å²) in [7, 11) is 1.59. The fourth-order valence-electron chi connectivity index (χ4n) is 2.40. The molecule has 0 aliphatic carbocycles. The van der Waals surface area contributed by atoms with Crippen molar-refractivity contribution in [3.63, 3.8) is 0 Å². The van der Waals surface area contributed by atoms with Crippen LogP contribution < -0.4 is 14.8 Å². The van der Waals surface area contributed by atoms with Crippen molar-refractivity contribution in [2.75, 3.05) is 20.3 Å². The van der Waals surface area contributed by atoms with Gasteiger partial charge in [-0.1, -0.05) is 18.2 Å². The second kappa shape index (κ2) is 8.53. The smallest absolute Gasteiger partial charge is 0.236 e. The molecule has 0 spiro atoms. The average Bonchev–Trinajstić information content (AvgIpc) is 3.29. The third-order valence-corrected chi connectivity index (χ3v) is 4.56. The van der Waals surface area contributed by atoms with Crippen LogP contribution >= 0.6 is 11.3 Å². The maximum Gasteiger partial charge on any atom is 0.236 e. The number of benzene rings is 1. The monoisotopic (exact) mass is 372 g/mol. The van der Waals surface area contributed by atoms with E-state index in [4.69, 9.17) is 13.9 Å². The van der Waals surface area contributed by atoms with Gasteiger partial charge in [0.05, 0.1) is 30.6 Å². The summed E-state index contributed by atoms with van der Waals surface area (Å²) in [6.07, 6.45) is 0.176. The minimum Gasteiger partial charge on any atom is -0.493 e. The largest absolute Gasteiger partial charge is 0.493 e. The molecule has 1 aromatic carbocycles. The Kier molecular flexibility index (Phi) is 5.91. The zero-order valence-electron chi connectivity index (χ0n) is 14.7. The van der Waals surface area contributed by atoms with Gasteiger partial charge in [-0.15, -0.1) is 11.3 Å². The number of thiophene rings is 1. The number of amides is 1. The molecule has 6 nitrogen and oxygen atoms in total. The first-order chi connectivity index (χ1) is 12.7. The lowest BCUT2D eigenvalue weighted by Gasteiger charge is -2.10. The van der Waals surface area contributed by atoms with Gasteiger partial charge < -0.3 is 19.2 Å². The summed E-state index contributed by atoms with van der Waals surface area (Å²) in [4.78, 5) is 17.5. The number of methoxy groups -OCH3 is 1. The van der Waals surface area contributed by atoms with E-state index in [0.717, 1.165) is 4.88 Å². The average molecular weight is 372 g/mol. The molecule has 136 valence electrons. The molecule has 0 fully saturated rings. The van der Waals surface area contributed by atoms with Gasteiger partial charge >= 0.3 is 0 Å². The first kappa shape index (κ1) is 18.0. The molecule has 0 unspecified atom stereocenters. The number of aromatic nitrogens is 1. The number of oxazole rings is 1. The van der Waals surface area contributed by atoms with Gasteiger partial charge in [0.15, 0.2) is 11.5 Å². The van der Waals surface area contributed by atoms with E-state index in [1.807, 2.05) is 48.7 Å². The Balaban J connectivity index is 1.47. The number of ether oxygens (including phenoxy) is 2. The maximum absolute atomic E-state index is 12.1. The lowest BCUT2D eigenvalue weighted by molar-refractivity contribution is -0.120. The van der Waals surface area contributed by atoms with Crippen LogP contribution in [-0.4, -0.2) is 31.2 Å². The van der Waals surface area contributed by atoms with Crippen molar-refractivity contribution in [3.8, 4) is 22.3 Å². The summed E-state index contributed by atoms with van der Waals surface area (Å²) in [6, 6.07) is 11.3. The Morgan fingerprint density at radius 3 is 2.77 bits per heavy atom. The van der Waals surface area contributed by atoms with E-state index in [9.17, 15) is 4.79 Å². The molecule has 0 aliphatic heterocycles. The highest BCUT2D eigenvalue weighted by molar-refractivity contribution is 7.13. The molecule has 2 heterocycles. The van der Waals surface area contributed by atoms with Crippen LogP contribution in [0.25, 0.3) is 10.8 Å². The molecule has 0 saturated heterocycles. The van der Waals surface area contributed by atoms with Crippen molar-refractivity contribution in [1.82, 2.24) is 10.3 Å². The van der Waals surface area contributed by atoms with Gasteiger partial charge in [0, 0.05) is 0 Å². The molecule has 3 aromatic rings. The highest BCUT2D eigenvalue weighted by Crippen LogP contribution is 2.26. The van der Waals surface area contributed by atoms with Crippen molar-refractivity contribution in [1.29, 1.82) is 0 Å². The van der Waals surface area contributed by atoms with E-state index in [2.05, 4.69) is 10.3 Å². The Morgan fingerprint density at radius 1 is 1.23 bits per heavy atom. The third kappa shape index (κ3) is 4.43. The standard InChI is InChI=1S/C19H20N2O4S/c1-13-14(21-19(25-13)17-8-5-11-26-17)12-18(22)20-9-10-24-16-7-4-3-6-15(16)23-2/h3-8,11H,9-10,12H2,1-2H3,(H,20,22). The van der Waals surface area contributed by atoms with Gasteiger partial charge in [-0.3, -0.25) is 4.79 Å². The number of aryl methyl sites for hydroxylation is 1. The minimum atomic E-state index is -0.122. The predicted octanol–water partition coefficient (Wildman–Crippen LogP) is 3.46. The number of carbonyl (C=O) groups is 1. The van der Waals surface area contributed by atoms with E-state index in [0.29, 0.717) is 42.0 Å². The van der Waals surface area contributed by atoms with Crippen molar-refractivity contribution < 1.29 is 18.7 Å². The number of para-hydroxylation sites is 2. The molecule has 26 heavy (non-hydrogen) atoms. The van der Waals surface area contributed by atoms with Crippen molar-refractivity contribution in [3.05, 3.63) is 53.2 Å². The number of carbonyl (C=O) groups excluding carboxylic acids is 1. The summed E-state index contributed by atoms with van der Waals surface area (Å²) in [5.41, 5.74) is 0.650. The van der Waals surface area contributed by atoms with E-state index >= 15 is 0 Å². The van der Waals surface area contributed by atoms with Gasteiger partial charge in [0.1, 0.15) is 12.4 Å². The highest BCUT2D eigenvalue weighted by atomic mass is 32.1. The van der Waals surface area contributed by atoms with E-state index < -0.39 is 0 Å². The van der Waals surface area contributed by atoms with Gasteiger partial charge in [0.25, 0.3) is 0 Å². The zero-order chi connectivity index (χ0) is 18.4. The van der Waals surface area contributed by atoms with E-state index in [1.54, 1.807) is 18.4 Å². The molecule has 0 bridgehead atoms. The normalized spacial score (nSPS) is 10.5. The molecule has 7 heteroatoms. The molecular weight excluding hydrogens is 352 g/mol. The number of hydrogen-bond acceptors (Lipinski definition) is 6. The van der Waals surface area contributed by atoms with E-state index in [-0.39, 0.29) is 12.3 Å². The lowest BCUT2D eigenvalue weighted by Crippen LogP contribution is -2.29. The second-order valence-corrected chi connectivity index (χ2v) is 6.47. The molecule has 0 radical (unpaired) electrons. The molecular formula is C19H20N2O4S. The highest BCUT2D eigenvalue weighted by Gasteiger charge is 2.15. The Labute approximate surface area is 155 Å². The minimum absolute atomic E-state index is 0.122. The maximum atomic E-state index is 12.1. The van der Waals surface area contributed by atoms with Gasteiger partial charge in [-0.25, -0.2) is 4.98 Å². The molecule has 3 rings (SSSR count). The fourth-order valence-corrected chi connectivity index (χ4v) is 3.05. The SMILES string of the molecule is COc1ccccc1OCCNC(=O)Cc1nc(-c2cccs2)oc1C. The van der Waals surface area contributed by atoms with Gasteiger partial charge in [-0.05, 0) is 30.5 Å². The summed E-state index contributed by atoms with van der Waals surface area (Å²) >= 11 is 1.55. The Morgan fingerprint density at radius 2 is 2.04 bits per heavy atom. The summed E-state index contributed by atoms with van der Waals surface area (Å²) in [5.74, 6) is 2.41. The molecule has 0 aliphatic rings. The van der Waals surface area contributed by atoms with Crippen LogP contribution in [0.5, 0.6) is 11.5 Å². The molecule has 2 aromatic heterocycles. The quantitative estimate of drug-likeness (QED) is 0.613. The molecule has 1 N–H and O–H groups in total. The molecule has 1 amide bonds. The fraction of sp³-hybridized carbons (Fsp3) is 0.263. The number of nitrogens with zero attached hydrogens (tertiary/aromatic N) is 1. The predicted molar refractivity (Wildman–Crippen MR) is 99.8 cm³/mol. The van der Waals surface area contributed by atoms with Gasteiger partial charge in [0.2, 0.25) is 11.8 Å². The Bertz CT molecular complexity index is 858. The van der Waals surface area contributed by atoms with E-state index in [1.165, 1.54) is 0 Å². The molecule has 0 saturated carbocycles. The first-order valence-electron chi connectivity index (χ1n) is 8.20. The van der Waals surface area contributed by atoms with Crippen LogP contribution in [-0.2, 0) is 11.2 Å². The third-order valence-electron chi connectivity index (χ3n) is 3.70. The van der Waals surface area contributed by atoms with Crippen LogP contribution in [0, 0.1) is 6.92 Å². The summed E-state index contributed by atoms with van der Waals surface area (Å²) in [6.45, 7) is 2.56. The summed E-state index contributed by atoms with van der Waals surface area (Å²) in [5, 5.41) is 4.79. The van der Waals surface area contributed by atoms with Crippen LogP contribution in [0.1, 0.15) is 11.5 Å². The lowest BCUT2D eigenvalue weighted by atomic mass is 10.2. The molecule has 0 atom stereocenters. The number of nitrogens with one attached hydrogen (secondary N) is 1. The summed E-state index contributed by atoms with van der Waals surface area (Å²) < 4.78 is 16.5. The van der Waals surface area contributed by atoms with Crippen LogP contribution in [0.3, 0.4) is 0 Å². The van der Waals surface area contributed by atoms with Crippen molar-refractivity contribution >= 4 is 17.2 Å². The second-order valence-electron chi connectivity index (χ2n) is 5.53. The topological polar surface area (TPSA) is 73.6 Å². The van der Waals surface area contributed by atoms with Crippen LogP contribution in [0.2, 0.25) is 0 Å². The van der Waals surface area contributed by atoms with Crippen LogP contribution in [0.15, 0.2) is 46.2 Å². The first-order valence-corrected chi connectivity index (χ1v) is 9.08. The van der Waals surface area contributed by atoms with Crippen molar-refractivity contribution in [2.24, 2.45) is 0 Å². The number of rotatable bonds is 8. The Hall–Kier alpha value is -2.80. The van der Waals surface area contributed by atoms with Crippen LogP contribution in [0.4, 0.5) is 0 Å². The van der Waals surface area contributed by atoms with Gasteiger partial charge in [-0.2, -0.15) is 0 Å². The zero-order valence-corrected chi connectivity index (χ0v) is 15.5. The van der Waals surface area contributed by atoms with Crippen molar-refractivity contribution in [2.45, 2.75) is 13.3 Å². The number of hydrogen-bond donors (Lipinski definition) is 1.